The molecule has 0 spiro atoms. The van der Waals surface area contributed by atoms with Crippen molar-refractivity contribution in [2.45, 2.75) is 75.9 Å². The van der Waals surface area contributed by atoms with Gasteiger partial charge in [-0.05, 0) is 79.8 Å². The number of hydrogen-bond donors (Lipinski definition) is 1. The Morgan fingerprint density at radius 1 is 0.857 bits per heavy atom. The van der Waals surface area contributed by atoms with Gasteiger partial charge < -0.3 is 15.0 Å². The summed E-state index contributed by atoms with van der Waals surface area (Å²) in [4.78, 5) is 30.6. The lowest BCUT2D eigenvalue weighted by Crippen LogP contribution is -2.55. The van der Waals surface area contributed by atoms with E-state index >= 15 is 0 Å². The van der Waals surface area contributed by atoms with Crippen molar-refractivity contribution < 1.29 is 22.7 Å². The normalized spacial score (nSPS) is 14.1. The molecule has 0 unspecified atom stereocenters. The summed E-state index contributed by atoms with van der Waals surface area (Å²) in [6.45, 7) is 3.22. The minimum atomic E-state index is -4.27. The third kappa shape index (κ3) is 9.22. The van der Waals surface area contributed by atoms with Crippen LogP contribution in [0.2, 0.25) is 5.02 Å². The minimum Gasteiger partial charge on any atom is -0.495 e. The van der Waals surface area contributed by atoms with Crippen molar-refractivity contribution in [3.8, 4) is 5.75 Å². The average molecular weight is 702 g/mol. The summed E-state index contributed by atoms with van der Waals surface area (Å²) >= 11 is 6.21. The fourth-order valence-electron chi connectivity index (χ4n) is 6.23. The van der Waals surface area contributed by atoms with E-state index in [0.29, 0.717) is 10.8 Å². The summed E-state index contributed by atoms with van der Waals surface area (Å²) in [7, 11) is -2.80. The summed E-state index contributed by atoms with van der Waals surface area (Å²) in [5, 5.41) is 3.78. The van der Waals surface area contributed by atoms with Crippen LogP contribution in [0.1, 0.15) is 54.4 Å². The summed E-state index contributed by atoms with van der Waals surface area (Å²) in [5.41, 5.74) is 3.55. The number of carbonyl (C=O) groups excluding carboxylic acids is 2. The molecule has 0 saturated heterocycles. The van der Waals surface area contributed by atoms with E-state index < -0.39 is 28.5 Å². The predicted molar refractivity (Wildman–Crippen MR) is 194 cm³/mol. The molecule has 1 fully saturated rings. The number of nitrogens with one attached hydrogen (secondary N) is 1. The van der Waals surface area contributed by atoms with Gasteiger partial charge in [0.25, 0.3) is 10.0 Å². The Bertz CT molecular complexity index is 1830. The molecule has 0 radical (unpaired) electrons. The van der Waals surface area contributed by atoms with E-state index in [4.69, 9.17) is 16.3 Å². The minimum absolute atomic E-state index is 0.0157. The average Bonchev–Trinajstić information content (AvgIpc) is 3.10. The molecular formula is C39H44ClN3O5S. The molecule has 2 amide bonds. The second kappa shape index (κ2) is 16.4. The van der Waals surface area contributed by atoms with Crippen molar-refractivity contribution in [3.63, 3.8) is 0 Å². The number of sulfonamides is 1. The van der Waals surface area contributed by atoms with Gasteiger partial charge in [0.05, 0.1) is 17.7 Å². The molecule has 1 saturated carbocycles. The molecule has 4 aromatic rings. The lowest BCUT2D eigenvalue weighted by atomic mass is 9.94. The van der Waals surface area contributed by atoms with Crippen LogP contribution in [0.3, 0.4) is 0 Å². The number of rotatable bonds is 13. The van der Waals surface area contributed by atoms with E-state index in [0.717, 1.165) is 58.7 Å². The molecule has 0 heterocycles. The van der Waals surface area contributed by atoms with E-state index in [2.05, 4.69) is 5.32 Å². The zero-order chi connectivity index (χ0) is 35.0. The number of nitrogens with zero attached hydrogens (tertiary/aromatic N) is 2. The van der Waals surface area contributed by atoms with Gasteiger partial charge in [0.2, 0.25) is 11.8 Å². The van der Waals surface area contributed by atoms with Crippen LogP contribution in [0.15, 0.2) is 102 Å². The van der Waals surface area contributed by atoms with Crippen molar-refractivity contribution in [1.29, 1.82) is 0 Å². The predicted octanol–water partition coefficient (Wildman–Crippen LogP) is 7.25. The third-order valence-electron chi connectivity index (χ3n) is 8.98. The molecule has 1 N–H and O–H groups in total. The zero-order valence-corrected chi connectivity index (χ0v) is 29.8. The summed E-state index contributed by atoms with van der Waals surface area (Å²) in [6, 6.07) is 27.5. The molecule has 8 nitrogen and oxygen atoms in total. The van der Waals surface area contributed by atoms with Crippen LogP contribution in [-0.2, 0) is 32.6 Å². The van der Waals surface area contributed by atoms with Crippen LogP contribution < -0.4 is 14.4 Å². The quantitative estimate of drug-likeness (QED) is 0.159. The number of halogens is 1. The van der Waals surface area contributed by atoms with Crippen molar-refractivity contribution in [1.82, 2.24) is 10.2 Å². The van der Waals surface area contributed by atoms with Crippen molar-refractivity contribution in [2.75, 3.05) is 18.0 Å². The van der Waals surface area contributed by atoms with Crippen LogP contribution in [-0.4, -0.2) is 50.9 Å². The Morgan fingerprint density at radius 2 is 1.51 bits per heavy atom. The molecular weight excluding hydrogens is 658 g/mol. The maximum absolute atomic E-state index is 14.8. The Balaban J connectivity index is 1.60. The first-order valence-electron chi connectivity index (χ1n) is 16.7. The van der Waals surface area contributed by atoms with E-state index in [1.165, 1.54) is 24.1 Å². The second-order valence-corrected chi connectivity index (χ2v) is 15.0. The molecule has 1 atom stereocenters. The van der Waals surface area contributed by atoms with E-state index in [-0.39, 0.29) is 35.5 Å². The van der Waals surface area contributed by atoms with Gasteiger partial charge in [0.1, 0.15) is 18.3 Å². The Morgan fingerprint density at radius 3 is 2.16 bits per heavy atom. The molecule has 258 valence electrons. The maximum Gasteiger partial charge on any atom is 0.264 e. The highest BCUT2D eigenvalue weighted by Crippen LogP contribution is 2.34. The third-order valence-corrected chi connectivity index (χ3v) is 11.0. The van der Waals surface area contributed by atoms with E-state index in [1.54, 1.807) is 36.4 Å². The highest BCUT2D eigenvalue weighted by molar-refractivity contribution is 7.92. The van der Waals surface area contributed by atoms with E-state index in [9.17, 15) is 18.0 Å². The van der Waals surface area contributed by atoms with Crippen molar-refractivity contribution in [2.24, 2.45) is 0 Å². The van der Waals surface area contributed by atoms with Gasteiger partial charge in [-0.2, -0.15) is 0 Å². The molecule has 0 aliphatic heterocycles. The van der Waals surface area contributed by atoms with E-state index in [1.807, 2.05) is 62.4 Å². The Labute approximate surface area is 295 Å². The molecule has 1 aliphatic carbocycles. The van der Waals surface area contributed by atoms with Gasteiger partial charge >= 0.3 is 0 Å². The molecule has 10 heteroatoms. The SMILES string of the molecule is COc1ccc(C)cc1N(CC(=O)N(Cc1ccc(Cl)cc1)[C@H](Cc1ccccc1)C(=O)NC1CCCCC1)S(=O)(=O)c1ccc(C)cc1. The number of carbonyl (C=O) groups is 2. The number of hydrogen-bond acceptors (Lipinski definition) is 5. The first kappa shape index (κ1) is 36.0. The van der Waals surface area contributed by atoms with Gasteiger partial charge in [-0.1, -0.05) is 97.1 Å². The van der Waals surface area contributed by atoms with Gasteiger partial charge in [0.15, 0.2) is 0 Å². The van der Waals surface area contributed by atoms with Crippen LogP contribution in [0.5, 0.6) is 5.75 Å². The van der Waals surface area contributed by atoms with Crippen molar-refractivity contribution in [3.05, 3.63) is 124 Å². The fraction of sp³-hybridized carbons (Fsp3) is 0.333. The number of anilines is 1. The largest absolute Gasteiger partial charge is 0.495 e. The molecule has 0 bridgehead atoms. The zero-order valence-electron chi connectivity index (χ0n) is 28.3. The van der Waals surface area contributed by atoms with Crippen LogP contribution in [0.4, 0.5) is 5.69 Å². The number of aryl methyl sites for hydroxylation is 2. The molecule has 0 aromatic heterocycles. The number of methoxy groups -OCH3 is 1. The maximum atomic E-state index is 14.8. The van der Waals surface area contributed by atoms with Gasteiger partial charge in [-0.3, -0.25) is 13.9 Å². The standard InChI is InChI=1S/C39H44ClN3O5S/c1-28-14-21-34(22-15-28)49(46,47)43(35-24-29(2)16-23-37(35)48-3)27-38(44)42(26-31-17-19-32(40)20-18-31)36(25-30-10-6-4-7-11-30)39(45)41-33-12-8-5-9-13-33/h4,6-7,10-11,14-24,33,36H,5,8-9,12-13,25-27H2,1-3H3,(H,41,45)/t36-/m1/s1. The first-order valence-corrected chi connectivity index (χ1v) is 18.5. The molecule has 4 aromatic carbocycles. The van der Waals surface area contributed by atoms with Gasteiger partial charge in [-0.25, -0.2) is 8.42 Å². The summed E-state index contributed by atoms with van der Waals surface area (Å²) in [5.74, 6) is -0.498. The monoisotopic (exact) mass is 701 g/mol. The lowest BCUT2D eigenvalue weighted by molar-refractivity contribution is -0.140. The molecule has 1 aliphatic rings. The van der Waals surface area contributed by atoms with Crippen LogP contribution >= 0.6 is 11.6 Å². The number of benzene rings is 4. The molecule has 49 heavy (non-hydrogen) atoms. The van der Waals surface area contributed by atoms with Crippen molar-refractivity contribution >= 4 is 39.1 Å². The second-order valence-electron chi connectivity index (χ2n) is 12.7. The number of ether oxygens (including phenoxy) is 1. The highest BCUT2D eigenvalue weighted by atomic mass is 35.5. The first-order chi connectivity index (χ1) is 23.5. The van der Waals surface area contributed by atoms with Gasteiger partial charge in [0, 0.05) is 24.0 Å². The fourth-order valence-corrected chi connectivity index (χ4v) is 7.77. The van der Waals surface area contributed by atoms with Gasteiger partial charge in [-0.15, -0.1) is 0 Å². The Hall–Kier alpha value is -4.34. The summed E-state index contributed by atoms with van der Waals surface area (Å²) in [6.07, 6.45) is 5.21. The van der Waals surface area contributed by atoms with Crippen LogP contribution in [0, 0.1) is 13.8 Å². The smallest absolute Gasteiger partial charge is 0.264 e. The topological polar surface area (TPSA) is 96.0 Å². The molecule has 5 rings (SSSR count). The lowest BCUT2D eigenvalue weighted by Gasteiger charge is -2.35. The highest BCUT2D eigenvalue weighted by Gasteiger charge is 2.36. The van der Waals surface area contributed by atoms with Crippen LogP contribution in [0.25, 0.3) is 0 Å². The number of amides is 2. The summed E-state index contributed by atoms with van der Waals surface area (Å²) < 4.78 is 35.6. The Kier molecular flexibility index (Phi) is 12.0.